The molecule has 1 fully saturated rings. The van der Waals surface area contributed by atoms with Crippen LogP contribution in [-0.4, -0.2) is 36.5 Å². The molecule has 1 aliphatic carbocycles. The Kier molecular flexibility index (Phi) is 6.50. The normalized spacial score (nSPS) is 17.4. The van der Waals surface area contributed by atoms with Gasteiger partial charge in [0, 0.05) is 18.0 Å². The van der Waals surface area contributed by atoms with Gasteiger partial charge in [0.1, 0.15) is 0 Å². The monoisotopic (exact) mass is 283 g/mol. The number of rotatable bonds is 4. The molecule has 1 amide bonds. The second-order valence-electron chi connectivity index (χ2n) is 6.72. The van der Waals surface area contributed by atoms with Gasteiger partial charge in [-0.3, -0.25) is 9.59 Å². The van der Waals surface area contributed by atoms with Crippen LogP contribution in [0.2, 0.25) is 0 Å². The van der Waals surface area contributed by atoms with Crippen molar-refractivity contribution in [2.45, 2.75) is 71.8 Å². The third-order valence-electron chi connectivity index (χ3n) is 3.95. The zero-order chi connectivity index (χ0) is 15.2. The number of nitrogens with zero attached hydrogens (tertiary/aromatic N) is 1. The number of hydrogen-bond acceptors (Lipinski definition) is 3. The number of hydrogen-bond donors (Lipinski definition) is 0. The van der Waals surface area contributed by atoms with Crippen molar-refractivity contribution in [3.8, 4) is 0 Å². The Morgan fingerprint density at radius 2 is 1.65 bits per heavy atom. The van der Waals surface area contributed by atoms with E-state index in [2.05, 4.69) is 0 Å². The van der Waals surface area contributed by atoms with E-state index in [0.29, 0.717) is 6.54 Å². The van der Waals surface area contributed by atoms with E-state index in [0.717, 1.165) is 12.8 Å². The number of methoxy groups -OCH3 is 1. The standard InChI is InChI=1S/C16H29NO3/c1-16(2,3)15(19)17(12-11-14(18)20-4)13-9-7-5-6-8-10-13/h13H,5-12H2,1-4H3. The van der Waals surface area contributed by atoms with Crippen molar-refractivity contribution < 1.29 is 14.3 Å². The molecule has 0 aromatic heterocycles. The van der Waals surface area contributed by atoms with Crippen molar-refractivity contribution in [1.82, 2.24) is 4.90 Å². The minimum Gasteiger partial charge on any atom is -0.469 e. The van der Waals surface area contributed by atoms with E-state index in [1.165, 1.54) is 32.8 Å². The molecule has 0 radical (unpaired) electrons. The maximum Gasteiger partial charge on any atom is 0.307 e. The van der Waals surface area contributed by atoms with Gasteiger partial charge in [-0.05, 0) is 12.8 Å². The van der Waals surface area contributed by atoms with E-state index in [1.807, 2.05) is 25.7 Å². The molecular formula is C16H29NO3. The number of esters is 1. The Hall–Kier alpha value is -1.06. The number of amides is 1. The summed E-state index contributed by atoms with van der Waals surface area (Å²) in [5.41, 5.74) is -0.400. The Labute approximate surface area is 122 Å². The molecule has 0 heterocycles. The fourth-order valence-corrected chi connectivity index (χ4v) is 2.76. The van der Waals surface area contributed by atoms with E-state index >= 15 is 0 Å². The van der Waals surface area contributed by atoms with Gasteiger partial charge in [0.2, 0.25) is 5.91 Å². The van der Waals surface area contributed by atoms with E-state index in [-0.39, 0.29) is 24.3 Å². The molecule has 1 saturated carbocycles. The predicted octanol–water partition coefficient (Wildman–Crippen LogP) is 3.15. The molecule has 0 aromatic carbocycles. The molecule has 0 bridgehead atoms. The second-order valence-corrected chi connectivity index (χ2v) is 6.72. The van der Waals surface area contributed by atoms with Crippen molar-refractivity contribution in [3.63, 3.8) is 0 Å². The molecule has 0 saturated heterocycles. The lowest BCUT2D eigenvalue weighted by Gasteiger charge is -2.35. The molecule has 116 valence electrons. The zero-order valence-electron chi connectivity index (χ0n) is 13.4. The van der Waals surface area contributed by atoms with Gasteiger partial charge < -0.3 is 9.64 Å². The van der Waals surface area contributed by atoms with Gasteiger partial charge in [-0.25, -0.2) is 0 Å². The second kappa shape index (κ2) is 7.65. The summed E-state index contributed by atoms with van der Waals surface area (Å²) in [4.78, 5) is 26.0. The SMILES string of the molecule is COC(=O)CCN(C(=O)C(C)(C)C)C1CCCCCC1. The molecule has 4 nitrogen and oxygen atoms in total. The van der Waals surface area contributed by atoms with Gasteiger partial charge in [-0.15, -0.1) is 0 Å². The smallest absolute Gasteiger partial charge is 0.307 e. The topological polar surface area (TPSA) is 46.6 Å². The fraction of sp³-hybridized carbons (Fsp3) is 0.875. The molecule has 20 heavy (non-hydrogen) atoms. The van der Waals surface area contributed by atoms with E-state index in [1.54, 1.807) is 0 Å². The summed E-state index contributed by atoms with van der Waals surface area (Å²) < 4.78 is 4.70. The maximum absolute atomic E-state index is 12.7. The van der Waals surface area contributed by atoms with Gasteiger partial charge in [-0.1, -0.05) is 46.5 Å². The molecule has 0 atom stereocenters. The minimum atomic E-state index is -0.400. The molecule has 1 rings (SSSR count). The van der Waals surface area contributed by atoms with Gasteiger partial charge in [-0.2, -0.15) is 0 Å². The van der Waals surface area contributed by atoms with Gasteiger partial charge >= 0.3 is 5.97 Å². The largest absolute Gasteiger partial charge is 0.469 e. The molecule has 0 unspecified atom stereocenters. The van der Waals surface area contributed by atoms with Crippen molar-refractivity contribution in [2.24, 2.45) is 5.41 Å². The lowest BCUT2D eigenvalue weighted by Crippen LogP contribution is -2.46. The summed E-state index contributed by atoms with van der Waals surface area (Å²) in [6.07, 6.45) is 7.27. The Morgan fingerprint density at radius 3 is 2.10 bits per heavy atom. The quantitative estimate of drug-likeness (QED) is 0.588. The van der Waals surface area contributed by atoms with Crippen LogP contribution in [-0.2, 0) is 14.3 Å². The number of ether oxygens (including phenoxy) is 1. The van der Waals surface area contributed by atoms with Gasteiger partial charge in [0.15, 0.2) is 0 Å². The van der Waals surface area contributed by atoms with Crippen molar-refractivity contribution in [2.75, 3.05) is 13.7 Å². The summed E-state index contributed by atoms with van der Waals surface area (Å²) in [6.45, 7) is 6.30. The van der Waals surface area contributed by atoms with Crippen molar-refractivity contribution >= 4 is 11.9 Å². The van der Waals surface area contributed by atoms with Crippen molar-refractivity contribution in [3.05, 3.63) is 0 Å². The lowest BCUT2D eigenvalue weighted by molar-refractivity contribution is -0.145. The first-order chi connectivity index (χ1) is 9.36. The first kappa shape index (κ1) is 17.0. The fourth-order valence-electron chi connectivity index (χ4n) is 2.76. The summed E-state index contributed by atoms with van der Waals surface area (Å²) >= 11 is 0. The average Bonchev–Trinajstić information content (AvgIpc) is 2.66. The molecule has 0 aromatic rings. The molecule has 0 N–H and O–H groups in total. The average molecular weight is 283 g/mol. The number of carbonyl (C=O) groups excluding carboxylic acids is 2. The Bertz CT molecular complexity index is 325. The van der Waals surface area contributed by atoms with Crippen LogP contribution in [0.4, 0.5) is 0 Å². The van der Waals surface area contributed by atoms with Gasteiger partial charge in [0.25, 0.3) is 0 Å². The van der Waals surface area contributed by atoms with Crippen LogP contribution in [0.5, 0.6) is 0 Å². The minimum absolute atomic E-state index is 0.147. The summed E-state index contributed by atoms with van der Waals surface area (Å²) in [6, 6.07) is 0.286. The Balaban J connectivity index is 2.76. The third-order valence-corrected chi connectivity index (χ3v) is 3.95. The molecule has 4 heteroatoms. The summed E-state index contributed by atoms with van der Waals surface area (Å²) in [7, 11) is 1.39. The third kappa shape index (κ3) is 5.14. The van der Waals surface area contributed by atoms with Crippen LogP contribution in [0.1, 0.15) is 65.7 Å². The Morgan fingerprint density at radius 1 is 1.10 bits per heavy atom. The highest BCUT2D eigenvalue weighted by Gasteiger charge is 2.32. The highest BCUT2D eigenvalue weighted by Crippen LogP contribution is 2.26. The first-order valence-corrected chi connectivity index (χ1v) is 7.74. The predicted molar refractivity (Wildman–Crippen MR) is 79.3 cm³/mol. The summed E-state index contributed by atoms with van der Waals surface area (Å²) in [5, 5.41) is 0. The van der Waals surface area contributed by atoms with E-state index < -0.39 is 5.41 Å². The van der Waals surface area contributed by atoms with Crippen molar-refractivity contribution in [1.29, 1.82) is 0 Å². The van der Waals surface area contributed by atoms with Crippen LogP contribution in [0.15, 0.2) is 0 Å². The summed E-state index contributed by atoms with van der Waals surface area (Å²) in [5.74, 6) is -0.0985. The molecular weight excluding hydrogens is 254 g/mol. The number of carbonyl (C=O) groups is 2. The van der Waals surface area contributed by atoms with Crippen LogP contribution in [0.25, 0.3) is 0 Å². The molecule has 1 aliphatic rings. The van der Waals surface area contributed by atoms with Crippen LogP contribution in [0, 0.1) is 5.41 Å². The highest BCUT2D eigenvalue weighted by molar-refractivity contribution is 5.82. The van der Waals surface area contributed by atoms with Gasteiger partial charge in [0.05, 0.1) is 13.5 Å². The first-order valence-electron chi connectivity index (χ1n) is 7.74. The maximum atomic E-state index is 12.7. The lowest BCUT2D eigenvalue weighted by atomic mass is 9.92. The highest BCUT2D eigenvalue weighted by atomic mass is 16.5. The van der Waals surface area contributed by atoms with Crippen LogP contribution in [0.3, 0.4) is 0 Å². The van der Waals surface area contributed by atoms with E-state index in [4.69, 9.17) is 4.74 Å². The molecule has 0 aliphatic heterocycles. The molecule has 0 spiro atoms. The van der Waals surface area contributed by atoms with Crippen LogP contribution >= 0.6 is 0 Å². The van der Waals surface area contributed by atoms with Crippen LogP contribution < -0.4 is 0 Å². The van der Waals surface area contributed by atoms with E-state index in [9.17, 15) is 9.59 Å². The zero-order valence-corrected chi connectivity index (χ0v) is 13.4.